The molecular weight excluding hydrogens is 440 g/mol. The van der Waals surface area contributed by atoms with Gasteiger partial charge in [-0.1, -0.05) is 18.0 Å². The number of halogens is 1. The van der Waals surface area contributed by atoms with Crippen LogP contribution in [0.1, 0.15) is 29.8 Å². The van der Waals surface area contributed by atoms with Crippen molar-refractivity contribution in [2.75, 3.05) is 18.4 Å². The van der Waals surface area contributed by atoms with Crippen LogP contribution in [0.4, 0.5) is 5.69 Å². The van der Waals surface area contributed by atoms with E-state index in [2.05, 4.69) is 15.5 Å². The number of aromatic amines is 1. The fourth-order valence-electron chi connectivity index (χ4n) is 3.45. The third kappa shape index (κ3) is 4.58. The zero-order valence-electron chi connectivity index (χ0n) is 16.5. The van der Waals surface area contributed by atoms with Crippen molar-refractivity contribution in [2.45, 2.75) is 24.2 Å². The zero-order valence-corrected chi connectivity index (χ0v) is 18.1. The van der Waals surface area contributed by atoms with Crippen molar-refractivity contribution < 1.29 is 18.3 Å². The Kier molecular flexibility index (Phi) is 5.99. The van der Waals surface area contributed by atoms with E-state index in [9.17, 15) is 18.3 Å². The largest absolute Gasteiger partial charge is 0.507 e. The molecule has 1 aliphatic rings. The van der Waals surface area contributed by atoms with E-state index in [1.165, 1.54) is 28.6 Å². The summed E-state index contributed by atoms with van der Waals surface area (Å²) in [5.74, 6) is -0.458. The van der Waals surface area contributed by atoms with E-state index < -0.39 is 15.9 Å². The number of nitrogens with one attached hydrogen (secondary N) is 2. The van der Waals surface area contributed by atoms with Gasteiger partial charge >= 0.3 is 0 Å². The highest BCUT2D eigenvalue weighted by Crippen LogP contribution is 2.31. The first-order valence-electron chi connectivity index (χ1n) is 9.80. The van der Waals surface area contributed by atoms with Crippen LogP contribution in [-0.2, 0) is 10.0 Å². The third-order valence-corrected chi connectivity index (χ3v) is 7.27. The van der Waals surface area contributed by atoms with Crippen molar-refractivity contribution in [3.63, 3.8) is 0 Å². The number of anilines is 1. The number of aromatic hydroxyl groups is 1. The molecule has 0 aliphatic carbocycles. The molecule has 3 N–H and O–H groups in total. The van der Waals surface area contributed by atoms with E-state index in [1.807, 2.05) is 0 Å². The SMILES string of the molecule is O=C(Nc1ccc(S(=O)(=O)N2CCCCC2)cc1)c1cc(-c2cc(Cl)ccc2O)n[nH]1. The number of aromatic nitrogens is 2. The molecule has 4 rings (SSSR count). The van der Waals surface area contributed by atoms with Crippen molar-refractivity contribution in [3.8, 4) is 17.0 Å². The predicted octanol–water partition coefficient (Wildman–Crippen LogP) is 3.86. The first kappa shape index (κ1) is 21.4. The smallest absolute Gasteiger partial charge is 0.273 e. The van der Waals surface area contributed by atoms with Crippen LogP contribution in [0.3, 0.4) is 0 Å². The molecule has 0 radical (unpaired) electrons. The Morgan fingerprint density at radius 1 is 1.06 bits per heavy atom. The number of piperidine rings is 1. The van der Waals surface area contributed by atoms with Gasteiger partial charge in [-0.3, -0.25) is 9.89 Å². The number of phenolic OH excluding ortho intramolecular Hbond substituents is 1. The van der Waals surface area contributed by atoms with Gasteiger partial charge in [0.2, 0.25) is 10.0 Å². The number of sulfonamides is 1. The van der Waals surface area contributed by atoms with Crippen LogP contribution < -0.4 is 5.32 Å². The van der Waals surface area contributed by atoms with Crippen LogP contribution in [0.25, 0.3) is 11.3 Å². The Bertz CT molecular complexity index is 1200. The van der Waals surface area contributed by atoms with Gasteiger partial charge in [-0.25, -0.2) is 8.42 Å². The van der Waals surface area contributed by atoms with E-state index in [1.54, 1.807) is 24.3 Å². The summed E-state index contributed by atoms with van der Waals surface area (Å²) < 4.78 is 27.0. The number of phenols is 1. The van der Waals surface area contributed by atoms with Crippen molar-refractivity contribution in [1.29, 1.82) is 0 Å². The van der Waals surface area contributed by atoms with Crippen LogP contribution in [0.5, 0.6) is 5.75 Å². The Labute approximate surface area is 184 Å². The molecule has 1 aliphatic heterocycles. The molecule has 0 saturated carbocycles. The average molecular weight is 461 g/mol. The summed E-state index contributed by atoms with van der Waals surface area (Å²) >= 11 is 5.96. The van der Waals surface area contributed by atoms with Gasteiger partial charge in [-0.2, -0.15) is 9.40 Å². The van der Waals surface area contributed by atoms with Crippen molar-refractivity contribution in [2.24, 2.45) is 0 Å². The molecule has 1 amide bonds. The lowest BCUT2D eigenvalue weighted by Gasteiger charge is -2.25. The van der Waals surface area contributed by atoms with Gasteiger partial charge in [0.15, 0.2) is 0 Å². The Hall–Kier alpha value is -2.88. The molecule has 2 heterocycles. The van der Waals surface area contributed by atoms with E-state index in [4.69, 9.17) is 11.6 Å². The van der Waals surface area contributed by atoms with Gasteiger partial charge in [-0.15, -0.1) is 0 Å². The number of carbonyl (C=O) groups is 1. The monoisotopic (exact) mass is 460 g/mol. The summed E-state index contributed by atoms with van der Waals surface area (Å²) in [6, 6.07) is 12.1. The van der Waals surface area contributed by atoms with Crippen LogP contribution in [0, 0.1) is 0 Å². The lowest BCUT2D eigenvalue weighted by atomic mass is 10.1. The second kappa shape index (κ2) is 8.70. The van der Waals surface area contributed by atoms with E-state index in [-0.39, 0.29) is 16.3 Å². The highest BCUT2D eigenvalue weighted by Gasteiger charge is 2.25. The fourth-order valence-corrected chi connectivity index (χ4v) is 5.14. The molecule has 162 valence electrons. The number of hydrogen-bond acceptors (Lipinski definition) is 5. The van der Waals surface area contributed by atoms with Crippen molar-refractivity contribution in [1.82, 2.24) is 14.5 Å². The topological polar surface area (TPSA) is 115 Å². The molecule has 0 bridgehead atoms. The number of carbonyl (C=O) groups excluding carboxylic acids is 1. The van der Waals surface area contributed by atoms with Crippen LogP contribution in [-0.4, -0.2) is 47.0 Å². The van der Waals surface area contributed by atoms with Gasteiger partial charge < -0.3 is 10.4 Å². The number of benzene rings is 2. The summed E-state index contributed by atoms with van der Waals surface area (Å²) in [5, 5.41) is 19.8. The van der Waals surface area contributed by atoms with E-state index in [0.29, 0.717) is 35.1 Å². The summed E-state index contributed by atoms with van der Waals surface area (Å²) in [7, 11) is -3.52. The molecule has 0 atom stereocenters. The lowest BCUT2D eigenvalue weighted by Crippen LogP contribution is -2.35. The summed E-state index contributed by atoms with van der Waals surface area (Å²) in [4.78, 5) is 12.7. The molecule has 0 spiro atoms. The Balaban J connectivity index is 1.47. The average Bonchev–Trinajstić information content (AvgIpc) is 3.27. The molecule has 31 heavy (non-hydrogen) atoms. The molecule has 10 heteroatoms. The van der Waals surface area contributed by atoms with E-state index in [0.717, 1.165) is 19.3 Å². The van der Waals surface area contributed by atoms with E-state index >= 15 is 0 Å². The molecule has 0 unspecified atom stereocenters. The minimum atomic E-state index is -3.52. The van der Waals surface area contributed by atoms with Crippen molar-refractivity contribution >= 4 is 33.2 Å². The predicted molar refractivity (Wildman–Crippen MR) is 118 cm³/mol. The highest BCUT2D eigenvalue weighted by atomic mass is 35.5. The van der Waals surface area contributed by atoms with Gasteiger partial charge in [0, 0.05) is 29.4 Å². The first-order chi connectivity index (χ1) is 14.8. The summed E-state index contributed by atoms with van der Waals surface area (Å²) in [6.07, 6.45) is 2.78. The standard InChI is InChI=1S/C21H21ClN4O4S/c22-14-4-9-20(27)17(12-14)18-13-19(25-24-18)21(28)23-15-5-7-16(8-6-15)31(29,30)26-10-2-1-3-11-26/h4-9,12-13,27H,1-3,10-11H2,(H,23,28)(H,24,25). The molecule has 3 aromatic rings. The lowest BCUT2D eigenvalue weighted by molar-refractivity contribution is 0.102. The highest BCUT2D eigenvalue weighted by molar-refractivity contribution is 7.89. The maximum absolute atomic E-state index is 12.7. The minimum absolute atomic E-state index is 0.00615. The Morgan fingerprint density at radius 2 is 1.77 bits per heavy atom. The molecule has 1 saturated heterocycles. The van der Waals surface area contributed by atoms with Gasteiger partial charge in [0.25, 0.3) is 5.91 Å². The van der Waals surface area contributed by atoms with Crippen molar-refractivity contribution in [3.05, 3.63) is 59.2 Å². The Morgan fingerprint density at radius 3 is 2.48 bits per heavy atom. The number of amides is 1. The maximum Gasteiger partial charge on any atom is 0.273 e. The number of nitrogens with zero attached hydrogens (tertiary/aromatic N) is 2. The van der Waals surface area contributed by atoms with Crippen LogP contribution in [0.2, 0.25) is 5.02 Å². The molecule has 1 aromatic heterocycles. The number of hydrogen-bond donors (Lipinski definition) is 3. The molecule has 2 aromatic carbocycles. The maximum atomic E-state index is 12.7. The number of rotatable bonds is 5. The normalized spacial score (nSPS) is 15.0. The van der Waals surface area contributed by atoms with Crippen LogP contribution in [0.15, 0.2) is 53.4 Å². The van der Waals surface area contributed by atoms with Gasteiger partial charge in [0.1, 0.15) is 11.4 Å². The third-order valence-electron chi connectivity index (χ3n) is 5.12. The van der Waals surface area contributed by atoms with Crippen LogP contribution >= 0.6 is 11.6 Å². The fraction of sp³-hybridized carbons (Fsp3) is 0.238. The molecule has 1 fully saturated rings. The molecule has 8 nitrogen and oxygen atoms in total. The zero-order chi connectivity index (χ0) is 22.0. The second-order valence-corrected chi connectivity index (χ2v) is 9.65. The van der Waals surface area contributed by atoms with Gasteiger partial charge in [0.05, 0.1) is 10.6 Å². The number of H-pyrrole nitrogens is 1. The minimum Gasteiger partial charge on any atom is -0.507 e. The summed E-state index contributed by atoms with van der Waals surface area (Å²) in [5.41, 5.74) is 1.40. The quantitative estimate of drug-likeness (QED) is 0.534. The van der Waals surface area contributed by atoms with Gasteiger partial charge in [-0.05, 0) is 61.4 Å². The summed E-state index contributed by atoms with van der Waals surface area (Å²) in [6.45, 7) is 1.07. The first-order valence-corrected chi connectivity index (χ1v) is 11.6. The second-order valence-electron chi connectivity index (χ2n) is 7.27. The molecular formula is C21H21ClN4O4S.